The number of benzene rings is 2. The molecule has 0 bridgehead atoms. The molecule has 35 heavy (non-hydrogen) atoms. The topological polar surface area (TPSA) is 85.7 Å². The smallest absolute Gasteiger partial charge is 0.359 e. The normalized spacial score (nSPS) is 12.7. The summed E-state index contributed by atoms with van der Waals surface area (Å²) >= 11 is 6.04. The zero-order valence-corrected chi connectivity index (χ0v) is 20.7. The lowest BCUT2D eigenvalue weighted by atomic mass is 10.0. The van der Waals surface area contributed by atoms with Crippen molar-refractivity contribution in [2.75, 3.05) is 25.1 Å². The van der Waals surface area contributed by atoms with Crippen LogP contribution < -0.4 is 10.1 Å². The molecule has 2 heterocycles. The predicted molar refractivity (Wildman–Crippen MR) is 135 cm³/mol. The Morgan fingerprint density at radius 1 is 1.09 bits per heavy atom. The Kier molecular flexibility index (Phi) is 7.92. The summed E-state index contributed by atoms with van der Waals surface area (Å²) in [4.78, 5) is 27.4. The van der Waals surface area contributed by atoms with Crippen LogP contribution in [-0.4, -0.2) is 46.4 Å². The largest absolute Gasteiger partial charge is 0.494 e. The SMILES string of the molecule is CCCCOc1ccc(NC(=O)N2CCc3c(c(C(=O)OCC)nn3-c3ccc(Cl)cc3)C2)cc1. The molecule has 0 spiro atoms. The molecule has 1 aliphatic heterocycles. The van der Waals surface area contributed by atoms with E-state index >= 15 is 0 Å². The van der Waals surface area contributed by atoms with Gasteiger partial charge in [-0.2, -0.15) is 5.10 Å². The zero-order valence-electron chi connectivity index (χ0n) is 19.9. The maximum Gasteiger partial charge on any atom is 0.359 e. The van der Waals surface area contributed by atoms with E-state index in [1.165, 1.54) is 0 Å². The number of nitrogens with zero attached hydrogens (tertiary/aromatic N) is 3. The Morgan fingerprint density at radius 3 is 2.51 bits per heavy atom. The van der Waals surface area contributed by atoms with Gasteiger partial charge in [0.05, 0.1) is 31.1 Å². The molecule has 1 aliphatic rings. The molecule has 4 rings (SSSR count). The highest BCUT2D eigenvalue weighted by Crippen LogP contribution is 2.27. The standard InChI is InChI=1S/C26H29ClN4O4/c1-3-5-16-35-21-12-8-19(9-13-21)28-26(33)30-15-14-23-22(17-30)24(25(32)34-4-2)29-31(23)20-10-6-18(27)7-11-20/h6-13H,3-5,14-17H2,1-2H3,(H,28,33). The number of urea groups is 1. The van der Waals surface area contributed by atoms with Gasteiger partial charge < -0.3 is 19.7 Å². The number of amides is 2. The second-order valence-corrected chi connectivity index (χ2v) is 8.65. The van der Waals surface area contributed by atoms with E-state index in [1.54, 1.807) is 28.6 Å². The molecule has 2 aromatic carbocycles. The fourth-order valence-electron chi connectivity index (χ4n) is 3.92. The van der Waals surface area contributed by atoms with Crippen molar-refractivity contribution in [1.82, 2.24) is 14.7 Å². The van der Waals surface area contributed by atoms with Crippen LogP contribution in [0.4, 0.5) is 10.5 Å². The molecule has 3 aromatic rings. The van der Waals surface area contributed by atoms with Crippen molar-refractivity contribution < 1.29 is 19.1 Å². The van der Waals surface area contributed by atoms with E-state index < -0.39 is 5.97 Å². The number of ether oxygens (including phenoxy) is 2. The summed E-state index contributed by atoms with van der Waals surface area (Å²) in [6, 6.07) is 14.3. The fourth-order valence-corrected chi connectivity index (χ4v) is 4.05. The zero-order chi connectivity index (χ0) is 24.8. The molecule has 184 valence electrons. The fraction of sp³-hybridized carbons (Fsp3) is 0.346. The number of nitrogens with one attached hydrogen (secondary N) is 1. The van der Waals surface area contributed by atoms with Gasteiger partial charge in [0.25, 0.3) is 0 Å². The molecule has 0 saturated heterocycles. The Bertz CT molecular complexity index is 1180. The van der Waals surface area contributed by atoms with Crippen molar-refractivity contribution in [2.45, 2.75) is 39.7 Å². The third-order valence-corrected chi connectivity index (χ3v) is 6.01. The summed E-state index contributed by atoms with van der Waals surface area (Å²) in [5, 5.41) is 8.10. The van der Waals surface area contributed by atoms with Gasteiger partial charge in [-0.15, -0.1) is 0 Å². The highest BCUT2D eigenvalue weighted by molar-refractivity contribution is 6.30. The molecule has 0 saturated carbocycles. The maximum atomic E-state index is 13.0. The number of hydrogen-bond donors (Lipinski definition) is 1. The number of carbonyl (C=O) groups is 2. The number of esters is 1. The molecule has 0 aliphatic carbocycles. The lowest BCUT2D eigenvalue weighted by Crippen LogP contribution is -2.39. The van der Waals surface area contributed by atoms with Crippen LogP contribution in [0.3, 0.4) is 0 Å². The number of fused-ring (bicyclic) bond motifs is 1. The Labute approximate surface area is 209 Å². The van der Waals surface area contributed by atoms with Crippen molar-refractivity contribution in [3.63, 3.8) is 0 Å². The van der Waals surface area contributed by atoms with Crippen LogP contribution in [0.25, 0.3) is 5.69 Å². The second-order valence-electron chi connectivity index (χ2n) is 8.21. The number of aromatic nitrogens is 2. The summed E-state index contributed by atoms with van der Waals surface area (Å²) in [5.41, 5.74) is 3.27. The molecule has 8 nitrogen and oxygen atoms in total. The van der Waals surface area contributed by atoms with E-state index in [0.717, 1.165) is 30.0 Å². The quantitative estimate of drug-likeness (QED) is 0.330. The summed E-state index contributed by atoms with van der Waals surface area (Å²) in [7, 11) is 0. The van der Waals surface area contributed by atoms with Crippen molar-refractivity contribution >= 4 is 29.3 Å². The molecular formula is C26H29ClN4O4. The Morgan fingerprint density at radius 2 is 1.83 bits per heavy atom. The van der Waals surface area contributed by atoms with Gasteiger partial charge in [-0.1, -0.05) is 24.9 Å². The van der Waals surface area contributed by atoms with Gasteiger partial charge in [-0.05, 0) is 61.9 Å². The van der Waals surface area contributed by atoms with E-state index in [0.29, 0.717) is 35.8 Å². The first-order valence-electron chi connectivity index (χ1n) is 11.8. The average molecular weight is 497 g/mol. The third kappa shape index (κ3) is 5.77. The van der Waals surface area contributed by atoms with Crippen LogP contribution in [0.15, 0.2) is 48.5 Å². The van der Waals surface area contributed by atoms with Crippen LogP contribution in [0.5, 0.6) is 5.75 Å². The molecular weight excluding hydrogens is 468 g/mol. The van der Waals surface area contributed by atoms with Gasteiger partial charge in [0.1, 0.15) is 5.75 Å². The Balaban J connectivity index is 1.51. The maximum absolute atomic E-state index is 13.0. The van der Waals surface area contributed by atoms with E-state index in [-0.39, 0.29) is 24.9 Å². The lowest BCUT2D eigenvalue weighted by molar-refractivity contribution is 0.0516. The first-order chi connectivity index (χ1) is 17.0. The molecule has 1 aromatic heterocycles. The summed E-state index contributed by atoms with van der Waals surface area (Å²) < 4.78 is 12.7. The molecule has 2 amide bonds. The molecule has 1 N–H and O–H groups in total. The van der Waals surface area contributed by atoms with Gasteiger partial charge in [-0.3, -0.25) is 0 Å². The number of anilines is 1. The van der Waals surface area contributed by atoms with Crippen molar-refractivity contribution in [2.24, 2.45) is 0 Å². The molecule has 0 atom stereocenters. The van der Waals surface area contributed by atoms with Gasteiger partial charge in [0, 0.05) is 29.2 Å². The first-order valence-corrected chi connectivity index (χ1v) is 12.2. The summed E-state index contributed by atoms with van der Waals surface area (Å²) in [6.45, 7) is 5.51. The average Bonchev–Trinajstić information content (AvgIpc) is 3.25. The van der Waals surface area contributed by atoms with Crippen LogP contribution in [0.2, 0.25) is 5.02 Å². The second kappa shape index (κ2) is 11.3. The van der Waals surface area contributed by atoms with E-state index in [2.05, 4.69) is 17.3 Å². The number of carbonyl (C=O) groups excluding carboxylic acids is 2. The molecule has 0 fully saturated rings. The summed E-state index contributed by atoms with van der Waals surface area (Å²) in [6.07, 6.45) is 2.61. The van der Waals surface area contributed by atoms with E-state index in [9.17, 15) is 9.59 Å². The molecule has 0 unspecified atom stereocenters. The molecule has 0 radical (unpaired) electrons. The third-order valence-electron chi connectivity index (χ3n) is 5.76. The van der Waals surface area contributed by atoms with Crippen LogP contribution in [0, 0.1) is 0 Å². The minimum atomic E-state index is -0.502. The predicted octanol–water partition coefficient (Wildman–Crippen LogP) is 5.47. The van der Waals surface area contributed by atoms with Gasteiger partial charge >= 0.3 is 12.0 Å². The van der Waals surface area contributed by atoms with Crippen LogP contribution in [0.1, 0.15) is 48.4 Å². The van der Waals surface area contributed by atoms with Crippen molar-refractivity contribution in [3.05, 3.63) is 70.5 Å². The number of halogens is 1. The Hall–Kier alpha value is -3.52. The first kappa shape index (κ1) is 24.6. The highest BCUT2D eigenvalue weighted by Gasteiger charge is 2.31. The van der Waals surface area contributed by atoms with Gasteiger partial charge in [0.2, 0.25) is 0 Å². The van der Waals surface area contributed by atoms with Crippen LogP contribution in [-0.2, 0) is 17.7 Å². The van der Waals surface area contributed by atoms with Crippen LogP contribution >= 0.6 is 11.6 Å². The van der Waals surface area contributed by atoms with Crippen molar-refractivity contribution in [3.8, 4) is 11.4 Å². The minimum Gasteiger partial charge on any atom is -0.494 e. The van der Waals surface area contributed by atoms with E-state index in [4.69, 9.17) is 21.1 Å². The summed E-state index contributed by atoms with van der Waals surface area (Å²) in [5.74, 6) is 0.269. The van der Waals surface area contributed by atoms with Crippen molar-refractivity contribution in [1.29, 1.82) is 0 Å². The van der Waals surface area contributed by atoms with E-state index in [1.807, 2.05) is 36.4 Å². The highest BCUT2D eigenvalue weighted by atomic mass is 35.5. The van der Waals surface area contributed by atoms with Gasteiger partial charge in [-0.25, -0.2) is 14.3 Å². The molecule has 9 heteroatoms. The number of hydrogen-bond acceptors (Lipinski definition) is 5. The minimum absolute atomic E-state index is 0.225. The number of rotatable bonds is 8. The van der Waals surface area contributed by atoms with Gasteiger partial charge in [0.15, 0.2) is 5.69 Å². The lowest BCUT2D eigenvalue weighted by Gasteiger charge is -2.28. The number of unbranched alkanes of at least 4 members (excludes halogenated alkanes) is 1. The monoisotopic (exact) mass is 496 g/mol.